The van der Waals surface area contributed by atoms with E-state index in [1.165, 1.54) is 26.5 Å². The van der Waals surface area contributed by atoms with Gasteiger partial charge in [0.1, 0.15) is 22.9 Å². The Morgan fingerprint density at radius 1 is 0.746 bits per heavy atom. The topological polar surface area (TPSA) is 237 Å². The highest BCUT2D eigenvalue weighted by atomic mass is 32.2. The van der Waals surface area contributed by atoms with Gasteiger partial charge in [0.15, 0.2) is 30.8 Å². The Bertz CT molecular complexity index is 2520. The average molecular weight is 837 g/mol. The molecule has 0 bridgehead atoms. The second-order valence-electron chi connectivity index (χ2n) is 11.5. The number of rotatable bonds is 14. The summed E-state index contributed by atoms with van der Waals surface area (Å²) >= 11 is 0. The summed E-state index contributed by atoms with van der Waals surface area (Å²) in [4.78, 5) is 32.1. The van der Waals surface area contributed by atoms with Crippen molar-refractivity contribution >= 4 is 22.1 Å². The van der Waals surface area contributed by atoms with E-state index in [4.69, 9.17) is 24.2 Å². The Hall–Kier alpha value is -7.26. The van der Waals surface area contributed by atoms with Gasteiger partial charge < -0.3 is 38.1 Å². The van der Waals surface area contributed by atoms with Gasteiger partial charge in [0.25, 0.3) is 0 Å². The molecular formula is C39H31F3N4O12S. The fourth-order valence-electron chi connectivity index (χ4n) is 4.92. The molecule has 0 aliphatic carbocycles. The van der Waals surface area contributed by atoms with Crippen molar-refractivity contribution in [2.24, 2.45) is 0 Å². The lowest BCUT2D eigenvalue weighted by molar-refractivity contribution is -0.0500. The minimum absolute atomic E-state index is 0.0344. The molecule has 0 fully saturated rings. The number of alkyl halides is 3. The van der Waals surface area contributed by atoms with E-state index in [-0.39, 0.29) is 59.8 Å². The molecule has 20 heteroatoms. The van der Waals surface area contributed by atoms with E-state index < -0.39 is 38.9 Å². The molecule has 3 aromatic carbocycles. The molecule has 0 aliphatic heterocycles. The number of benzene rings is 3. The fraction of sp³-hybridized carbons (Fsp3) is 0.179. The molecule has 0 aliphatic rings. The van der Waals surface area contributed by atoms with E-state index in [2.05, 4.69) is 25.0 Å². The number of ether oxygens (including phenoxy) is 5. The predicted octanol–water partition coefficient (Wildman–Crippen LogP) is 6.68. The van der Waals surface area contributed by atoms with E-state index in [0.29, 0.717) is 16.8 Å². The number of carboxylic acids is 1. The first-order chi connectivity index (χ1) is 28.1. The minimum Gasteiger partial charge on any atom is -0.508 e. The van der Waals surface area contributed by atoms with Gasteiger partial charge in [-0.1, -0.05) is 24.3 Å². The Morgan fingerprint density at radius 3 is 1.76 bits per heavy atom. The molecule has 0 unspecified atom stereocenters. The second-order valence-corrected chi connectivity index (χ2v) is 13.0. The highest BCUT2D eigenvalue weighted by Gasteiger charge is 2.48. The SMILES string of the molecule is CCOC(=O)c1cc(-c2ccc(-c3ccc(O)cc3)c(C#N)c2)ncc1OCOC.COCOc1cnc(-c2ccc(OS(=O)(=O)C(F)(F)F)c(C#N)c2)cc1C(=O)O. The Balaban J connectivity index is 0.000000261. The van der Waals surface area contributed by atoms with Crippen molar-refractivity contribution in [3.05, 3.63) is 107 Å². The van der Waals surface area contributed by atoms with Crippen molar-refractivity contribution in [1.82, 2.24) is 9.97 Å². The predicted molar refractivity (Wildman–Crippen MR) is 199 cm³/mol. The Kier molecular flexibility index (Phi) is 14.9. The number of halogens is 3. The number of carboxylic acid groups (broad SMARTS) is 1. The highest BCUT2D eigenvalue weighted by molar-refractivity contribution is 7.88. The summed E-state index contributed by atoms with van der Waals surface area (Å²) in [6.45, 7) is 1.67. The molecule has 59 heavy (non-hydrogen) atoms. The van der Waals surface area contributed by atoms with Gasteiger partial charge in [0, 0.05) is 25.3 Å². The molecule has 0 radical (unpaired) electrons. The number of hydrogen-bond acceptors (Lipinski definition) is 15. The van der Waals surface area contributed by atoms with E-state index in [1.807, 2.05) is 6.07 Å². The molecule has 5 aromatic rings. The molecule has 0 atom stereocenters. The van der Waals surface area contributed by atoms with Crippen molar-refractivity contribution < 1.29 is 69.3 Å². The largest absolute Gasteiger partial charge is 0.534 e. The third-order valence-corrected chi connectivity index (χ3v) is 8.58. The number of carbonyl (C=O) groups is 2. The van der Waals surface area contributed by atoms with Gasteiger partial charge in [-0.15, -0.1) is 0 Å². The molecule has 2 heterocycles. The first kappa shape index (κ1) is 44.5. The summed E-state index contributed by atoms with van der Waals surface area (Å²) in [5.41, 5.74) is -2.97. The first-order valence-corrected chi connectivity index (χ1v) is 18.0. The standard InChI is InChI=1S/C23H20N2O5.C16H11F3N2O7S/c1-3-29-23(27)20-11-21(25-13-22(20)30-14-28-2)16-6-9-19(17(10-16)12-24)15-4-7-18(26)8-5-15;1-26-8-27-14-7-21-12(5-11(14)15(22)23)9-2-3-13(10(4-9)6-20)28-29(24,25)16(17,18)19/h4-11,13,26H,3,14H2,1-2H3;2-5,7H,8H2,1H3,(H,22,23). The fourth-order valence-corrected chi connectivity index (χ4v) is 5.39. The van der Waals surface area contributed by atoms with Gasteiger partial charge in [-0.2, -0.15) is 32.1 Å². The van der Waals surface area contributed by atoms with Crippen LogP contribution in [0.25, 0.3) is 33.6 Å². The number of nitriles is 2. The molecule has 0 amide bonds. The second kappa shape index (κ2) is 19.7. The highest BCUT2D eigenvalue weighted by Crippen LogP contribution is 2.33. The Labute approximate surface area is 334 Å². The zero-order valence-electron chi connectivity index (χ0n) is 31.0. The molecule has 0 saturated heterocycles. The third kappa shape index (κ3) is 11.2. The summed E-state index contributed by atoms with van der Waals surface area (Å²) in [6, 6.07) is 21.3. The van der Waals surface area contributed by atoms with Crippen LogP contribution in [0.5, 0.6) is 23.0 Å². The average Bonchev–Trinajstić information content (AvgIpc) is 3.22. The number of aromatic nitrogens is 2. The first-order valence-electron chi connectivity index (χ1n) is 16.6. The molecule has 5 rings (SSSR count). The van der Waals surface area contributed by atoms with Crippen LogP contribution in [0.1, 0.15) is 38.8 Å². The van der Waals surface area contributed by atoms with E-state index in [9.17, 15) is 46.7 Å². The molecule has 0 spiro atoms. The smallest absolute Gasteiger partial charge is 0.508 e. The lowest BCUT2D eigenvalue weighted by Crippen LogP contribution is -2.28. The monoisotopic (exact) mass is 836 g/mol. The summed E-state index contributed by atoms with van der Waals surface area (Å²) in [6.07, 6.45) is 2.52. The van der Waals surface area contributed by atoms with Crippen molar-refractivity contribution in [1.29, 1.82) is 10.5 Å². The number of phenolic OH excluding ortho intramolecular Hbond substituents is 1. The summed E-state index contributed by atoms with van der Waals surface area (Å²) in [5, 5.41) is 37.5. The van der Waals surface area contributed by atoms with Gasteiger partial charge in [-0.05, 0) is 66.6 Å². The molecule has 16 nitrogen and oxygen atoms in total. The summed E-state index contributed by atoms with van der Waals surface area (Å²) in [5.74, 6) is -2.42. The van der Waals surface area contributed by atoms with Crippen LogP contribution in [-0.2, 0) is 24.3 Å². The van der Waals surface area contributed by atoms with Crippen molar-refractivity contribution in [3.8, 4) is 68.8 Å². The van der Waals surface area contributed by atoms with Gasteiger partial charge in [-0.3, -0.25) is 9.97 Å². The molecular weight excluding hydrogens is 806 g/mol. The number of pyridine rings is 2. The van der Waals surface area contributed by atoms with Crippen LogP contribution in [-0.4, -0.2) is 80.5 Å². The quantitative estimate of drug-likeness (QED) is 0.0513. The lowest BCUT2D eigenvalue weighted by atomic mass is 9.96. The maximum atomic E-state index is 12.5. The zero-order valence-corrected chi connectivity index (χ0v) is 31.8. The van der Waals surface area contributed by atoms with Crippen LogP contribution < -0.4 is 13.7 Å². The maximum absolute atomic E-state index is 12.5. The normalized spacial score (nSPS) is 10.9. The van der Waals surface area contributed by atoms with Gasteiger partial charge >= 0.3 is 27.6 Å². The number of methoxy groups -OCH3 is 2. The number of carbonyl (C=O) groups excluding carboxylic acids is 1. The maximum Gasteiger partial charge on any atom is 0.534 e. The minimum atomic E-state index is -5.97. The lowest BCUT2D eigenvalue weighted by Gasteiger charge is -2.12. The zero-order chi connectivity index (χ0) is 43.3. The van der Waals surface area contributed by atoms with Crippen LogP contribution in [0.15, 0.2) is 85.2 Å². The van der Waals surface area contributed by atoms with Crippen LogP contribution in [0.2, 0.25) is 0 Å². The molecule has 306 valence electrons. The van der Waals surface area contributed by atoms with Crippen LogP contribution in [0.4, 0.5) is 13.2 Å². The number of esters is 1. The number of phenols is 1. The van der Waals surface area contributed by atoms with Gasteiger partial charge in [-0.25, -0.2) is 9.59 Å². The summed E-state index contributed by atoms with van der Waals surface area (Å²) in [7, 11) is -3.16. The summed E-state index contributed by atoms with van der Waals surface area (Å²) < 4.78 is 88.8. The van der Waals surface area contributed by atoms with E-state index in [0.717, 1.165) is 41.6 Å². The van der Waals surface area contributed by atoms with Gasteiger partial charge in [0.2, 0.25) is 0 Å². The number of nitrogens with zero attached hydrogens (tertiary/aromatic N) is 4. The van der Waals surface area contributed by atoms with E-state index in [1.54, 1.807) is 49.4 Å². The van der Waals surface area contributed by atoms with Crippen molar-refractivity contribution in [3.63, 3.8) is 0 Å². The number of hydrogen-bond donors (Lipinski definition) is 2. The molecule has 2 aromatic heterocycles. The number of aromatic carboxylic acids is 1. The van der Waals surface area contributed by atoms with Crippen molar-refractivity contribution in [2.75, 3.05) is 34.4 Å². The van der Waals surface area contributed by atoms with E-state index >= 15 is 0 Å². The third-order valence-electron chi connectivity index (χ3n) is 7.62. The number of aromatic hydroxyl groups is 1. The molecule has 0 saturated carbocycles. The van der Waals surface area contributed by atoms with Crippen LogP contribution in [0, 0.1) is 22.7 Å². The Morgan fingerprint density at radius 2 is 1.25 bits per heavy atom. The van der Waals surface area contributed by atoms with Crippen LogP contribution in [0.3, 0.4) is 0 Å². The van der Waals surface area contributed by atoms with Crippen LogP contribution >= 0.6 is 0 Å². The van der Waals surface area contributed by atoms with Crippen molar-refractivity contribution in [2.45, 2.75) is 12.4 Å². The molecule has 2 N–H and O–H groups in total. The van der Waals surface area contributed by atoms with Gasteiger partial charge in [0.05, 0.1) is 47.6 Å².